The molecule has 7 nitrogen and oxygen atoms in total. The molecule has 0 atom stereocenters. The first-order valence-corrected chi connectivity index (χ1v) is 13.6. The zero-order chi connectivity index (χ0) is 27.4. The number of anilines is 1. The van der Waals surface area contributed by atoms with Crippen LogP contribution in [0.1, 0.15) is 30.4 Å². The van der Waals surface area contributed by atoms with Gasteiger partial charge in [-0.1, -0.05) is 47.7 Å². The molecule has 1 spiro atoms. The molecule has 0 aliphatic carbocycles. The third-order valence-electron chi connectivity index (χ3n) is 8.05. The second kappa shape index (κ2) is 9.56. The zero-order valence-corrected chi connectivity index (χ0v) is 21.7. The standard InChI is InChI=1S/C28H25F3N4O3S/c29-28(30,31)21-14-22-24(23(15-21)35(37)38)39-26(32-25(22)36)34-11-8-27(9-12-34)7-10-33(17-27)16-18-5-6-19-3-1-2-4-20(19)13-18/h1-6,13-15H,7-12,16-17H2. The van der Waals surface area contributed by atoms with Gasteiger partial charge in [0.05, 0.1) is 15.9 Å². The highest BCUT2D eigenvalue weighted by Gasteiger charge is 2.41. The number of hydrogen-bond acceptors (Lipinski definition) is 7. The van der Waals surface area contributed by atoms with E-state index in [0.29, 0.717) is 30.4 Å². The summed E-state index contributed by atoms with van der Waals surface area (Å²) in [4.78, 5) is 31.9. The van der Waals surface area contributed by atoms with E-state index in [4.69, 9.17) is 0 Å². The van der Waals surface area contributed by atoms with Gasteiger partial charge in [-0.15, -0.1) is 0 Å². The molecule has 0 saturated carbocycles. The summed E-state index contributed by atoms with van der Waals surface area (Å²) in [7, 11) is 0. The number of benzene rings is 3. The van der Waals surface area contributed by atoms with Crippen molar-refractivity contribution in [2.45, 2.75) is 32.0 Å². The molecular formula is C28H25F3N4O3S. The quantitative estimate of drug-likeness (QED) is 0.220. The van der Waals surface area contributed by atoms with Gasteiger partial charge >= 0.3 is 6.18 Å². The molecule has 11 heteroatoms. The summed E-state index contributed by atoms with van der Waals surface area (Å²) in [6.45, 7) is 4.12. The highest BCUT2D eigenvalue weighted by atomic mass is 32.1. The fraction of sp³-hybridized carbons (Fsp3) is 0.357. The number of rotatable bonds is 4. The van der Waals surface area contributed by atoms with Crippen molar-refractivity contribution in [3.05, 3.63) is 86.2 Å². The average molecular weight is 555 g/mol. The van der Waals surface area contributed by atoms with Crippen LogP contribution in [0.15, 0.2) is 59.4 Å². The molecule has 0 unspecified atom stereocenters. The maximum Gasteiger partial charge on any atom is 0.416 e. The number of hydrogen-bond donors (Lipinski definition) is 0. The van der Waals surface area contributed by atoms with Gasteiger partial charge in [-0.3, -0.25) is 19.8 Å². The van der Waals surface area contributed by atoms with Crippen molar-refractivity contribution >= 4 is 43.0 Å². The van der Waals surface area contributed by atoms with Crippen LogP contribution in [0.2, 0.25) is 0 Å². The van der Waals surface area contributed by atoms with E-state index in [1.807, 2.05) is 17.0 Å². The van der Waals surface area contributed by atoms with E-state index in [-0.39, 0.29) is 15.5 Å². The van der Waals surface area contributed by atoms with Crippen LogP contribution in [0.25, 0.3) is 20.9 Å². The van der Waals surface area contributed by atoms with Crippen molar-refractivity contribution < 1.29 is 18.1 Å². The van der Waals surface area contributed by atoms with E-state index in [9.17, 15) is 28.1 Å². The lowest BCUT2D eigenvalue weighted by Crippen LogP contribution is -2.42. The topological polar surface area (TPSA) is 79.6 Å². The van der Waals surface area contributed by atoms with Gasteiger partial charge < -0.3 is 4.90 Å². The molecule has 0 N–H and O–H groups in total. The first-order valence-electron chi connectivity index (χ1n) is 12.8. The monoisotopic (exact) mass is 554 g/mol. The van der Waals surface area contributed by atoms with Gasteiger partial charge in [-0.25, -0.2) is 0 Å². The van der Waals surface area contributed by atoms with Crippen LogP contribution in [0.4, 0.5) is 24.0 Å². The minimum absolute atomic E-state index is 0.0780. The second-order valence-electron chi connectivity index (χ2n) is 10.6. The third kappa shape index (κ3) is 4.96. The lowest BCUT2D eigenvalue weighted by molar-refractivity contribution is -0.383. The molecular weight excluding hydrogens is 529 g/mol. The molecule has 0 bridgehead atoms. The molecule has 4 aromatic rings. The van der Waals surface area contributed by atoms with Gasteiger partial charge in [-0.05, 0) is 59.7 Å². The number of likely N-dealkylation sites (tertiary alicyclic amines) is 1. The predicted octanol–water partition coefficient (Wildman–Crippen LogP) is 6.23. The summed E-state index contributed by atoms with van der Waals surface area (Å²) in [5.41, 5.74) is -1.39. The van der Waals surface area contributed by atoms with E-state index in [2.05, 4.69) is 40.2 Å². The van der Waals surface area contributed by atoms with Crippen molar-refractivity contribution in [1.82, 2.24) is 9.88 Å². The van der Waals surface area contributed by atoms with E-state index in [1.54, 1.807) is 0 Å². The number of non-ortho nitro benzene ring substituents is 1. The van der Waals surface area contributed by atoms with E-state index in [0.717, 1.165) is 50.2 Å². The Balaban J connectivity index is 1.18. The highest BCUT2D eigenvalue weighted by molar-refractivity contribution is 7.22. The number of halogens is 3. The molecule has 6 rings (SSSR count). The largest absolute Gasteiger partial charge is 0.416 e. The second-order valence-corrected chi connectivity index (χ2v) is 11.5. The van der Waals surface area contributed by atoms with E-state index >= 15 is 0 Å². The summed E-state index contributed by atoms with van der Waals surface area (Å²) in [6.07, 6.45) is -1.96. The van der Waals surface area contributed by atoms with Crippen LogP contribution < -0.4 is 10.5 Å². The number of nitro benzene ring substituents is 1. The van der Waals surface area contributed by atoms with Crippen LogP contribution in [0.5, 0.6) is 0 Å². The first kappa shape index (κ1) is 25.7. The average Bonchev–Trinajstić information content (AvgIpc) is 3.29. The van der Waals surface area contributed by atoms with Crippen molar-refractivity contribution in [2.24, 2.45) is 5.41 Å². The van der Waals surface area contributed by atoms with Crippen molar-refractivity contribution in [3.63, 3.8) is 0 Å². The fourth-order valence-electron chi connectivity index (χ4n) is 5.91. The van der Waals surface area contributed by atoms with Gasteiger partial charge in [0.2, 0.25) is 0 Å². The summed E-state index contributed by atoms with van der Waals surface area (Å²) in [5, 5.41) is 14.0. The Kier molecular flexibility index (Phi) is 6.30. The number of fused-ring (bicyclic) bond motifs is 2. The van der Waals surface area contributed by atoms with Crippen molar-refractivity contribution in [2.75, 3.05) is 31.1 Å². The maximum absolute atomic E-state index is 13.3. The SMILES string of the molecule is O=c1nc(N2CCC3(CCN(Cc4ccc5ccccc5c4)C3)CC2)sc2c([N+](=O)[O-])cc(C(F)(F)F)cc12. The molecule has 39 heavy (non-hydrogen) atoms. The van der Waals surface area contributed by atoms with Crippen LogP contribution in [-0.4, -0.2) is 41.0 Å². The van der Waals surface area contributed by atoms with E-state index in [1.165, 1.54) is 16.3 Å². The molecule has 2 fully saturated rings. The third-order valence-corrected chi connectivity index (χ3v) is 9.21. The van der Waals surface area contributed by atoms with Gasteiger partial charge in [0, 0.05) is 32.2 Å². The molecule has 202 valence electrons. The Bertz CT molecular complexity index is 1650. The van der Waals surface area contributed by atoms with Crippen LogP contribution in [-0.2, 0) is 12.7 Å². The molecule has 2 aliphatic rings. The molecule has 2 saturated heterocycles. The Morgan fingerprint density at radius 2 is 1.72 bits per heavy atom. The number of nitrogens with zero attached hydrogens (tertiary/aromatic N) is 4. The van der Waals surface area contributed by atoms with Gasteiger partial charge in [-0.2, -0.15) is 18.2 Å². The normalized spacial score (nSPS) is 17.9. The summed E-state index contributed by atoms with van der Waals surface area (Å²) >= 11 is 0.911. The number of alkyl halides is 3. The minimum Gasteiger partial charge on any atom is -0.348 e. The summed E-state index contributed by atoms with van der Waals surface area (Å²) < 4.78 is 39.7. The molecule has 1 aromatic heterocycles. The van der Waals surface area contributed by atoms with Crippen LogP contribution >= 0.6 is 11.3 Å². The Hall–Kier alpha value is -3.57. The zero-order valence-electron chi connectivity index (χ0n) is 20.9. The van der Waals surface area contributed by atoms with Gasteiger partial charge in [0.15, 0.2) is 5.13 Å². The van der Waals surface area contributed by atoms with Crippen molar-refractivity contribution in [3.8, 4) is 0 Å². The first-order chi connectivity index (χ1) is 18.6. The highest BCUT2D eigenvalue weighted by Crippen LogP contribution is 2.43. The minimum atomic E-state index is -4.81. The Labute approximate surface area is 225 Å². The lowest BCUT2D eigenvalue weighted by Gasteiger charge is -2.39. The van der Waals surface area contributed by atoms with Gasteiger partial charge in [0.1, 0.15) is 4.70 Å². The maximum atomic E-state index is 13.3. The smallest absolute Gasteiger partial charge is 0.348 e. The summed E-state index contributed by atoms with van der Waals surface area (Å²) in [5.74, 6) is 0. The Morgan fingerprint density at radius 3 is 2.44 bits per heavy atom. The molecule has 2 aliphatic heterocycles. The number of nitro groups is 1. The number of piperidine rings is 1. The van der Waals surface area contributed by atoms with Crippen LogP contribution in [0.3, 0.4) is 0 Å². The number of aromatic nitrogens is 1. The van der Waals surface area contributed by atoms with Crippen LogP contribution in [0, 0.1) is 15.5 Å². The van der Waals surface area contributed by atoms with E-state index < -0.39 is 27.9 Å². The molecule has 3 aromatic carbocycles. The predicted molar refractivity (Wildman–Crippen MR) is 145 cm³/mol. The van der Waals surface area contributed by atoms with Gasteiger partial charge in [0.25, 0.3) is 11.2 Å². The fourth-order valence-corrected chi connectivity index (χ4v) is 7.03. The molecule has 3 heterocycles. The lowest BCUT2D eigenvalue weighted by atomic mass is 9.78. The van der Waals surface area contributed by atoms with Crippen molar-refractivity contribution in [1.29, 1.82) is 0 Å². The summed E-state index contributed by atoms with van der Waals surface area (Å²) in [6, 6.07) is 16.1. The molecule has 0 amide bonds. The Morgan fingerprint density at radius 1 is 1.00 bits per heavy atom. The molecule has 0 radical (unpaired) electrons.